The number of fused-ring (bicyclic) bond motifs is 1. The summed E-state index contributed by atoms with van der Waals surface area (Å²) in [6.07, 6.45) is 5.09. The molecule has 3 nitrogen and oxygen atoms in total. The normalized spacial score (nSPS) is 17.1. The van der Waals surface area contributed by atoms with E-state index in [1.807, 2.05) is 25.2 Å². The molecule has 3 rings (SSSR count). The molecular weight excluding hydrogens is 312 g/mol. The molecule has 1 atom stereocenters. The highest BCUT2D eigenvalue weighted by Gasteiger charge is 2.25. The molecule has 0 amide bonds. The second kappa shape index (κ2) is 6.75. The third-order valence-corrected chi connectivity index (χ3v) is 5.69. The van der Waals surface area contributed by atoms with E-state index >= 15 is 0 Å². The SMILES string of the molecule is C[C@H]1Cc2nc(SC/C=C/c3ccccc3)n(C)c(=O)c2S1. The number of benzene rings is 1. The summed E-state index contributed by atoms with van der Waals surface area (Å²) in [7, 11) is 1.81. The van der Waals surface area contributed by atoms with Gasteiger partial charge in [-0.15, -0.1) is 11.8 Å². The minimum Gasteiger partial charge on any atom is -0.290 e. The summed E-state index contributed by atoms with van der Waals surface area (Å²) in [6.45, 7) is 2.14. The smallest absolute Gasteiger partial charge is 0.267 e. The zero-order chi connectivity index (χ0) is 15.5. The molecule has 1 aliphatic rings. The first-order valence-electron chi connectivity index (χ1n) is 7.26. The summed E-state index contributed by atoms with van der Waals surface area (Å²) in [5.41, 5.74) is 2.24. The van der Waals surface area contributed by atoms with Gasteiger partial charge in [0.2, 0.25) is 0 Å². The molecular formula is C17H18N2OS2. The second-order valence-corrected chi connectivity index (χ2v) is 7.73. The fraction of sp³-hybridized carbons (Fsp3) is 0.294. The molecule has 5 heteroatoms. The van der Waals surface area contributed by atoms with Gasteiger partial charge in [-0.05, 0) is 5.56 Å². The van der Waals surface area contributed by atoms with Crippen molar-refractivity contribution in [1.29, 1.82) is 0 Å². The molecule has 0 unspecified atom stereocenters. The van der Waals surface area contributed by atoms with E-state index < -0.39 is 0 Å². The lowest BCUT2D eigenvalue weighted by molar-refractivity contribution is 0.666. The van der Waals surface area contributed by atoms with Crippen LogP contribution < -0.4 is 5.56 Å². The molecule has 0 saturated carbocycles. The average Bonchev–Trinajstić information content (AvgIpc) is 2.90. The van der Waals surface area contributed by atoms with Crippen LogP contribution >= 0.6 is 23.5 Å². The maximum Gasteiger partial charge on any atom is 0.267 e. The van der Waals surface area contributed by atoms with Crippen molar-refractivity contribution in [2.45, 2.75) is 28.6 Å². The van der Waals surface area contributed by atoms with Crippen LogP contribution in [0, 0.1) is 0 Å². The molecule has 0 fully saturated rings. The van der Waals surface area contributed by atoms with E-state index in [4.69, 9.17) is 0 Å². The maximum absolute atomic E-state index is 12.4. The van der Waals surface area contributed by atoms with Gasteiger partial charge in [0.1, 0.15) is 0 Å². The topological polar surface area (TPSA) is 34.9 Å². The Morgan fingerprint density at radius 3 is 2.95 bits per heavy atom. The van der Waals surface area contributed by atoms with Crippen LogP contribution in [-0.4, -0.2) is 20.6 Å². The van der Waals surface area contributed by atoms with Crippen molar-refractivity contribution in [2.24, 2.45) is 7.05 Å². The lowest BCUT2D eigenvalue weighted by Crippen LogP contribution is -2.22. The van der Waals surface area contributed by atoms with Crippen molar-refractivity contribution in [1.82, 2.24) is 9.55 Å². The van der Waals surface area contributed by atoms with Crippen LogP contribution in [0.5, 0.6) is 0 Å². The molecule has 2 heterocycles. The highest BCUT2D eigenvalue weighted by molar-refractivity contribution is 8.00. The van der Waals surface area contributed by atoms with Crippen LogP contribution in [0.1, 0.15) is 18.2 Å². The Morgan fingerprint density at radius 2 is 2.18 bits per heavy atom. The standard InChI is InChI=1S/C17H18N2OS2/c1-12-11-14-15(22-12)16(20)19(2)17(18-14)21-10-6-9-13-7-4-3-5-8-13/h3-9,12H,10-11H2,1-2H3/b9-6+/t12-/m0/s1. The van der Waals surface area contributed by atoms with E-state index in [2.05, 4.69) is 36.2 Å². The minimum absolute atomic E-state index is 0.0916. The van der Waals surface area contributed by atoms with Crippen molar-refractivity contribution in [3.63, 3.8) is 0 Å². The van der Waals surface area contributed by atoms with Crippen LogP contribution in [0.15, 0.2) is 51.3 Å². The van der Waals surface area contributed by atoms with E-state index in [0.29, 0.717) is 5.25 Å². The van der Waals surface area contributed by atoms with Crippen LogP contribution in [-0.2, 0) is 13.5 Å². The van der Waals surface area contributed by atoms with Crippen molar-refractivity contribution < 1.29 is 0 Å². The van der Waals surface area contributed by atoms with E-state index in [9.17, 15) is 4.79 Å². The Kier molecular flexibility index (Phi) is 4.74. The third-order valence-electron chi connectivity index (χ3n) is 3.50. The van der Waals surface area contributed by atoms with Gasteiger partial charge in [0.15, 0.2) is 5.16 Å². The molecule has 0 aliphatic carbocycles. The monoisotopic (exact) mass is 330 g/mol. The molecule has 1 aromatic carbocycles. The van der Waals surface area contributed by atoms with Gasteiger partial charge in [-0.25, -0.2) is 4.98 Å². The lowest BCUT2D eigenvalue weighted by Gasteiger charge is -2.07. The van der Waals surface area contributed by atoms with Gasteiger partial charge in [0.05, 0.1) is 10.6 Å². The van der Waals surface area contributed by atoms with Crippen LogP contribution in [0.4, 0.5) is 0 Å². The second-order valence-electron chi connectivity index (χ2n) is 5.29. The van der Waals surface area contributed by atoms with Gasteiger partial charge < -0.3 is 0 Å². The van der Waals surface area contributed by atoms with Gasteiger partial charge in [-0.1, -0.05) is 61.2 Å². The van der Waals surface area contributed by atoms with Crippen molar-refractivity contribution in [3.8, 4) is 0 Å². The van der Waals surface area contributed by atoms with E-state index in [-0.39, 0.29) is 5.56 Å². The van der Waals surface area contributed by atoms with E-state index in [1.54, 1.807) is 28.1 Å². The Bertz CT molecular complexity index is 753. The van der Waals surface area contributed by atoms with Gasteiger partial charge >= 0.3 is 0 Å². The summed E-state index contributed by atoms with van der Waals surface area (Å²) in [4.78, 5) is 17.9. The predicted octanol–water partition coefficient (Wildman–Crippen LogP) is 3.62. The first-order valence-corrected chi connectivity index (χ1v) is 9.12. The molecule has 0 N–H and O–H groups in total. The lowest BCUT2D eigenvalue weighted by atomic mass is 10.2. The molecule has 1 aliphatic heterocycles. The fourth-order valence-corrected chi connectivity index (χ4v) is 4.32. The summed E-state index contributed by atoms with van der Waals surface area (Å²) in [5.74, 6) is 0.802. The maximum atomic E-state index is 12.4. The van der Waals surface area contributed by atoms with E-state index in [1.165, 1.54) is 5.56 Å². The fourth-order valence-electron chi connectivity index (χ4n) is 2.38. The number of hydrogen-bond acceptors (Lipinski definition) is 4. The quantitative estimate of drug-likeness (QED) is 0.633. The van der Waals surface area contributed by atoms with Crippen LogP contribution in [0.25, 0.3) is 6.08 Å². The molecule has 0 spiro atoms. The predicted molar refractivity (Wildman–Crippen MR) is 94.7 cm³/mol. The molecule has 2 aromatic rings. The molecule has 1 aromatic heterocycles. The molecule has 0 bridgehead atoms. The number of aromatic nitrogens is 2. The van der Waals surface area contributed by atoms with Crippen molar-refractivity contribution in [3.05, 3.63) is 58.0 Å². The Balaban J connectivity index is 1.71. The first kappa shape index (κ1) is 15.4. The first-order chi connectivity index (χ1) is 10.6. The number of hydrogen-bond donors (Lipinski definition) is 0. The van der Waals surface area contributed by atoms with Crippen molar-refractivity contribution in [2.75, 3.05) is 5.75 Å². The highest BCUT2D eigenvalue weighted by atomic mass is 32.2. The molecule has 0 saturated heterocycles. The average molecular weight is 330 g/mol. The largest absolute Gasteiger partial charge is 0.290 e. The Labute approximate surface area is 138 Å². The number of nitrogens with zero attached hydrogens (tertiary/aromatic N) is 2. The number of rotatable bonds is 4. The highest BCUT2D eigenvalue weighted by Crippen LogP contribution is 2.33. The zero-order valence-corrected chi connectivity index (χ0v) is 14.3. The molecule has 114 valence electrons. The van der Waals surface area contributed by atoms with Crippen molar-refractivity contribution >= 4 is 29.6 Å². The summed E-state index contributed by atoms with van der Waals surface area (Å²) >= 11 is 3.25. The van der Waals surface area contributed by atoms with Gasteiger partial charge in [0.25, 0.3) is 5.56 Å². The zero-order valence-electron chi connectivity index (χ0n) is 12.7. The van der Waals surface area contributed by atoms with Crippen LogP contribution in [0.3, 0.4) is 0 Å². The summed E-state index contributed by atoms with van der Waals surface area (Å²) in [6, 6.07) is 10.2. The van der Waals surface area contributed by atoms with Crippen LogP contribution in [0.2, 0.25) is 0 Å². The number of thioether (sulfide) groups is 2. The Morgan fingerprint density at radius 1 is 1.41 bits per heavy atom. The van der Waals surface area contributed by atoms with E-state index in [0.717, 1.165) is 27.9 Å². The van der Waals surface area contributed by atoms with Gasteiger partial charge in [0, 0.05) is 24.5 Å². The van der Waals surface area contributed by atoms with Gasteiger partial charge in [-0.2, -0.15) is 0 Å². The Hall–Kier alpha value is -1.46. The van der Waals surface area contributed by atoms with Gasteiger partial charge in [-0.3, -0.25) is 9.36 Å². The molecule has 22 heavy (non-hydrogen) atoms. The minimum atomic E-state index is 0.0916. The summed E-state index contributed by atoms with van der Waals surface area (Å²) in [5, 5.41) is 1.25. The molecule has 0 radical (unpaired) electrons. The summed E-state index contributed by atoms with van der Waals surface area (Å²) < 4.78 is 1.67. The third kappa shape index (κ3) is 3.31.